The van der Waals surface area contributed by atoms with Gasteiger partial charge in [-0.3, -0.25) is 34.3 Å². The molecule has 12 nitrogen and oxygen atoms in total. The van der Waals surface area contributed by atoms with E-state index >= 15 is 0 Å². The summed E-state index contributed by atoms with van der Waals surface area (Å²) in [5, 5.41) is 26.2. The van der Waals surface area contributed by atoms with Gasteiger partial charge in [-0.15, -0.1) is 0 Å². The lowest BCUT2D eigenvalue weighted by atomic mass is 9.49. The van der Waals surface area contributed by atoms with Gasteiger partial charge in [-0.05, 0) is 79.1 Å². The number of fused-ring (bicyclic) bond motifs is 1. The quantitative estimate of drug-likeness (QED) is 0.242. The normalized spacial score (nSPS) is 27.8. The summed E-state index contributed by atoms with van der Waals surface area (Å²) in [5.41, 5.74) is 3.44. The summed E-state index contributed by atoms with van der Waals surface area (Å²) in [7, 11) is 0. The lowest BCUT2D eigenvalue weighted by molar-refractivity contribution is -0.164. The number of hydrogen-bond acceptors (Lipinski definition) is 9. The van der Waals surface area contributed by atoms with Crippen molar-refractivity contribution in [1.29, 1.82) is 5.26 Å². The van der Waals surface area contributed by atoms with Crippen LogP contribution in [0.1, 0.15) is 103 Å². The van der Waals surface area contributed by atoms with Gasteiger partial charge >= 0.3 is 0 Å². The van der Waals surface area contributed by atoms with Crippen molar-refractivity contribution >= 4 is 40.9 Å². The molecule has 0 aromatic heterocycles. The highest BCUT2D eigenvalue weighted by atomic mass is 35.5. The van der Waals surface area contributed by atoms with Crippen LogP contribution in [-0.2, 0) is 9.59 Å². The number of nitrogens with zero attached hydrogens (tertiary/aromatic N) is 4. The van der Waals surface area contributed by atoms with Crippen LogP contribution in [0.5, 0.6) is 5.75 Å². The van der Waals surface area contributed by atoms with Gasteiger partial charge in [0.05, 0.1) is 10.6 Å². The zero-order valence-electron chi connectivity index (χ0n) is 32.8. The molecule has 0 radical (unpaired) electrons. The van der Waals surface area contributed by atoms with E-state index in [1.54, 1.807) is 24.3 Å². The van der Waals surface area contributed by atoms with E-state index < -0.39 is 24.1 Å². The molecule has 2 saturated heterocycles. The van der Waals surface area contributed by atoms with E-state index in [9.17, 15) is 29.5 Å². The molecule has 13 heteroatoms. The Morgan fingerprint density at radius 1 is 0.982 bits per heavy atom. The van der Waals surface area contributed by atoms with Crippen molar-refractivity contribution in [3.8, 4) is 11.8 Å². The zero-order chi connectivity index (χ0) is 40.4. The van der Waals surface area contributed by atoms with Gasteiger partial charge in [0.1, 0.15) is 24.0 Å². The Bertz CT molecular complexity index is 2140. The molecule has 0 bridgehead atoms. The number of nitrogens with one attached hydrogen (secondary N) is 2. The molecule has 3 heterocycles. The minimum absolute atomic E-state index is 0.100. The molecule has 3 aliphatic heterocycles. The number of amides is 4. The van der Waals surface area contributed by atoms with E-state index in [-0.39, 0.29) is 47.6 Å². The van der Waals surface area contributed by atoms with Crippen molar-refractivity contribution in [2.75, 3.05) is 37.6 Å². The maximum Gasteiger partial charge on any atom is 0.257 e. The number of carbonyl (C=O) groups is 4. The number of piperidine rings is 1. The predicted octanol–water partition coefficient (Wildman–Crippen LogP) is 5.39. The van der Waals surface area contributed by atoms with Crippen molar-refractivity contribution in [2.45, 2.75) is 83.7 Å². The summed E-state index contributed by atoms with van der Waals surface area (Å²) in [5.74, 6) is 0.286. The number of anilines is 1. The van der Waals surface area contributed by atoms with Crippen molar-refractivity contribution in [3.05, 3.63) is 93.5 Å². The number of aliphatic hydroxyl groups excluding tert-OH is 1. The lowest BCUT2D eigenvalue weighted by Crippen LogP contribution is -2.74. The number of nitriles is 1. The fraction of sp³-hybridized carbons (Fsp3) is 0.477. The molecule has 4 amide bonds. The predicted molar refractivity (Wildman–Crippen MR) is 214 cm³/mol. The van der Waals surface area contributed by atoms with Gasteiger partial charge in [0.15, 0.2) is 6.23 Å². The molecule has 4 fully saturated rings. The van der Waals surface area contributed by atoms with Gasteiger partial charge < -0.3 is 20.1 Å². The number of piperazine rings is 1. The van der Waals surface area contributed by atoms with Crippen LogP contribution in [0, 0.1) is 28.1 Å². The Morgan fingerprint density at radius 3 is 2.33 bits per heavy atom. The average molecular weight is 793 g/mol. The molecule has 5 aliphatic rings. The number of benzene rings is 3. The molecule has 3 aromatic rings. The van der Waals surface area contributed by atoms with Crippen LogP contribution in [0.3, 0.4) is 0 Å². The number of hydrogen-bond donors (Lipinski definition) is 3. The molecule has 57 heavy (non-hydrogen) atoms. The van der Waals surface area contributed by atoms with Crippen LogP contribution in [-0.4, -0.2) is 89.4 Å². The molecule has 2 unspecified atom stereocenters. The molecule has 3 N–H and O–H groups in total. The topological polar surface area (TPSA) is 155 Å². The largest absolute Gasteiger partial charge is 0.489 e. The van der Waals surface area contributed by atoms with Crippen LogP contribution in [0.4, 0.5) is 5.69 Å². The first kappa shape index (κ1) is 38.9. The Kier molecular flexibility index (Phi) is 10.1. The van der Waals surface area contributed by atoms with E-state index in [2.05, 4.69) is 66.3 Å². The van der Waals surface area contributed by atoms with Crippen molar-refractivity contribution < 1.29 is 29.0 Å². The highest BCUT2D eigenvalue weighted by Crippen LogP contribution is 2.55. The maximum absolute atomic E-state index is 13.5. The number of aliphatic hydroxyl groups is 1. The second-order valence-electron chi connectivity index (χ2n) is 17.6. The Balaban J connectivity index is 0.792. The molecule has 2 atom stereocenters. The number of halogens is 1. The summed E-state index contributed by atoms with van der Waals surface area (Å²) in [6, 6.07) is 19.7. The van der Waals surface area contributed by atoms with Gasteiger partial charge in [0, 0.05) is 84.5 Å². The minimum Gasteiger partial charge on any atom is -0.489 e. The molecular weight excluding hydrogens is 744 g/mol. The van der Waals surface area contributed by atoms with Crippen LogP contribution in [0.25, 0.3) is 0 Å². The molecule has 298 valence electrons. The smallest absolute Gasteiger partial charge is 0.257 e. The van der Waals surface area contributed by atoms with Crippen LogP contribution in [0.2, 0.25) is 5.02 Å². The second kappa shape index (κ2) is 14.8. The molecule has 3 aromatic carbocycles. The number of imide groups is 1. The summed E-state index contributed by atoms with van der Waals surface area (Å²) in [6.07, 6.45) is 1.14. The van der Waals surface area contributed by atoms with Gasteiger partial charge in [0.25, 0.3) is 11.8 Å². The van der Waals surface area contributed by atoms with E-state index in [4.69, 9.17) is 16.3 Å². The summed E-state index contributed by atoms with van der Waals surface area (Å²) >= 11 is 6.25. The monoisotopic (exact) mass is 792 g/mol. The number of ether oxygens (including phenoxy) is 1. The molecule has 2 aliphatic carbocycles. The molecule has 0 spiro atoms. The van der Waals surface area contributed by atoms with Gasteiger partial charge in [-0.1, -0.05) is 51.4 Å². The van der Waals surface area contributed by atoms with E-state index in [0.717, 1.165) is 51.3 Å². The van der Waals surface area contributed by atoms with E-state index in [1.165, 1.54) is 10.5 Å². The van der Waals surface area contributed by atoms with Crippen molar-refractivity contribution in [1.82, 2.24) is 20.4 Å². The fourth-order valence-corrected chi connectivity index (χ4v) is 10.5. The van der Waals surface area contributed by atoms with Crippen molar-refractivity contribution in [3.63, 3.8) is 0 Å². The Hall–Kier alpha value is -4.96. The van der Waals surface area contributed by atoms with Crippen LogP contribution < -0.4 is 20.3 Å². The number of rotatable bonds is 9. The average Bonchev–Trinajstić information content (AvgIpc) is 3.42. The molecule has 2 saturated carbocycles. The molecular formula is C44H49ClN6O6. The first-order valence-electron chi connectivity index (χ1n) is 19.9. The second-order valence-corrected chi connectivity index (χ2v) is 18.0. The highest BCUT2D eigenvalue weighted by molar-refractivity contribution is 6.31. The Labute approximate surface area is 338 Å². The summed E-state index contributed by atoms with van der Waals surface area (Å²) < 4.78 is 6.38. The first-order valence-corrected chi connectivity index (χ1v) is 20.3. The first-order chi connectivity index (χ1) is 27.1. The highest BCUT2D eigenvalue weighted by Gasteiger charge is 2.64. The van der Waals surface area contributed by atoms with E-state index in [0.29, 0.717) is 44.9 Å². The minimum atomic E-state index is -1.23. The lowest BCUT2D eigenvalue weighted by Gasteiger charge is -2.63. The molecule has 8 rings (SSSR count). The Morgan fingerprint density at radius 2 is 1.68 bits per heavy atom. The summed E-state index contributed by atoms with van der Waals surface area (Å²) in [4.78, 5) is 56.7. The third kappa shape index (κ3) is 7.04. The number of carbonyl (C=O) groups excluding carboxylic acids is 4. The van der Waals surface area contributed by atoms with Crippen molar-refractivity contribution in [2.24, 2.45) is 16.7 Å². The standard InChI is InChI=1S/C44H49ClN6O6/c1-43(2)41(44(3,4)42(43)57-31-11-9-28(23-46)34(45)22-31)48-37(53)27-7-5-26(6-8-27)29-19-25(20-29)24-49-15-17-50(18-16-49)30-10-12-32-33(21-30)40(56)51(39(32)55)35-13-14-36(52)47-38(35)54/h5-12,21-22,25,29,35,40-42,56H,13-20,24H2,1-4H3,(H,48,53)(H,47,52,54). The zero-order valence-corrected chi connectivity index (χ0v) is 33.5. The van der Waals surface area contributed by atoms with Crippen LogP contribution >= 0.6 is 11.6 Å². The van der Waals surface area contributed by atoms with Gasteiger partial charge in [-0.2, -0.15) is 5.26 Å². The maximum atomic E-state index is 13.5. The fourth-order valence-electron chi connectivity index (χ4n) is 10.2. The van der Waals surface area contributed by atoms with Crippen LogP contribution in [0.15, 0.2) is 60.7 Å². The summed E-state index contributed by atoms with van der Waals surface area (Å²) in [6.45, 7) is 12.9. The van der Waals surface area contributed by atoms with Gasteiger partial charge in [-0.25, -0.2) is 0 Å². The van der Waals surface area contributed by atoms with Gasteiger partial charge in [0.2, 0.25) is 11.8 Å². The SMILES string of the molecule is CC1(C)C(NC(=O)c2ccc(C3CC(CN4CCN(c5ccc6c(c5)C(O)N(C5CCC(=O)NC5=O)C6=O)CC4)C3)cc2)C(C)(C)C1Oc1ccc(C#N)c(Cl)c1. The van der Waals surface area contributed by atoms with E-state index in [1.807, 2.05) is 24.3 Å². The third-order valence-electron chi connectivity index (χ3n) is 13.2. The third-order valence-corrected chi connectivity index (χ3v) is 13.5.